The first-order valence-corrected chi connectivity index (χ1v) is 7.61. The van der Waals surface area contributed by atoms with Crippen LogP contribution >= 0.6 is 0 Å². The molecule has 1 fully saturated rings. The molecule has 3 heteroatoms. The predicted molar refractivity (Wildman–Crippen MR) is 72.3 cm³/mol. The van der Waals surface area contributed by atoms with Crippen LogP contribution in [-0.4, -0.2) is 23.3 Å². The lowest BCUT2D eigenvalue weighted by atomic mass is 10.0. The zero-order valence-corrected chi connectivity index (χ0v) is 11.7. The number of ether oxygens (including phenoxy) is 1. The molecule has 106 valence electrons. The van der Waals surface area contributed by atoms with Gasteiger partial charge in [0, 0.05) is 6.42 Å². The van der Waals surface area contributed by atoms with Crippen molar-refractivity contribution in [3.05, 3.63) is 0 Å². The van der Waals surface area contributed by atoms with Crippen molar-refractivity contribution in [2.24, 2.45) is 0 Å². The van der Waals surface area contributed by atoms with Crippen molar-refractivity contribution in [1.29, 1.82) is 0 Å². The van der Waals surface area contributed by atoms with E-state index in [4.69, 9.17) is 4.74 Å². The van der Waals surface area contributed by atoms with Crippen LogP contribution in [0.1, 0.15) is 77.6 Å². The van der Waals surface area contributed by atoms with Gasteiger partial charge in [-0.25, -0.2) is 0 Å². The molecule has 1 aliphatic heterocycles. The zero-order chi connectivity index (χ0) is 13.2. The Labute approximate surface area is 111 Å². The average Bonchev–Trinajstić information content (AvgIpc) is 2.79. The van der Waals surface area contributed by atoms with Crippen molar-refractivity contribution in [3.63, 3.8) is 0 Å². The van der Waals surface area contributed by atoms with Crippen LogP contribution in [0, 0.1) is 0 Å². The lowest BCUT2D eigenvalue weighted by Gasteiger charge is -2.16. The number of hydrogen-bond donors (Lipinski definition) is 1. The molecule has 0 spiro atoms. The van der Waals surface area contributed by atoms with Gasteiger partial charge < -0.3 is 9.84 Å². The summed E-state index contributed by atoms with van der Waals surface area (Å²) in [4.78, 5) is 10.9. The van der Waals surface area contributed by atoms with E-state index in [1.165, 1.54) is 44.9 Å². The maximum absolute atomic E-state index is 10.9. The van der Waals surface area contributed by atoms with Gasteiger partial charge in [-0.1, -0.05) is 58.3 Å². The van der Waals surface area contributed by atoms with Gasteiger partial charge in [-0.3, -0.25) is 4.79 Å². The molecule has 2 atom stereocenters. The molecule has 0 amide bonds. The van der Waals surface area contributed by atoms with E-state index in [1.807, 2.05) is 0 Å². The molecule has 0 aliphatic carbocycles. The van der Waals surface area contributed by atoms with Gasteiger partial charge in [-0.2, -0.15) is 0 Å². The number of aliphatic hydroxyl groups excluding tert-OH is 1. The second-order valence-corrected chi connectivity index (χ2v) is 5.40. The Morgan fingerprint density at radius 1 is 1.17 bits per heavy atom. The molecule has 1 rings (SSSR count). The molecule has 0 radical (unpaired) electrons. The van der Waals surface area contributed by atoms with Gasteiger partial charge in [-0.15, -0.1) is 0 Å². The molecule has 0 aromatic carbocycles. The van der Waals surface area contributed by atoms with E-state index in [9.17, 15) is 9.90 Å². The third kappa shape index (κ3) is 6.39. The summed E-state index contributed by atoms with van der Waals surface area (Å²) >= 11 is 0. The second kappa shape index (κ2) is 9.37. The van der Waals surface area contributed by atoms with Crippen LogP contribution < -0.4 is 0 Å². The molecule has 1 heterocycles. The SMILES string of the molecule is CCCCCCCCCC[C@@H](O)[C@H]1CCC(=O)O1. The lowest BCUT2D eigenvalue weighted by Crippen LogP contribution is -2.25. The van der Waals surface area contributed by atoms with Gasteiger partial charge in [0.2, 0.25) is 0 Å². The minimum absolute atomic E-state index is 0.157. The van der Waals surface area contributed by atoms with Crippen LogP contribution in [0.2, 0.25) is 0 Å². The Bertz CT molecular complexity index is 228. The summed E-state index contributed by atoms with van der Waals surface area (Å²) in [5.74, 6) is -0.157. The highest BCUT2D eigenvalue weighted by Gasteiger charge is 2.29. The number of unbranched alkanes of at least 4 members (excludes halogenated alkanes) is 7. The topological polar surface area (TPSA) is 46.5 Å². The van der Waals surface area contributed by atoms with Gasteiger partial charge in [-0.05, 0) is 12.8 Å². The third-order valence-electron chi connectivity index (χ3n) is 3.70. The quantitative estimate of drug-likeness (QED) is 0.480. The van der Waals surface area contributed by atoms with E-state index in [0.717, 1.165) is 12.8 Å². The molecule has 0 aromatic rings. The fourth-order valence-electron chi connectivity index (χ4n) is 2.49. The molecule has 1 N–H and O–H groups in total. The summed E-state index contributed by atoms with van der Waals surface area (Å²) in [6.45, 7) is 2.23. The summed E-state index contributed by atoms with van der Waals surface area (Å²) in [6.07, 6.45) is 11.4. The number of aliphatic hydroxyl groups is 1. The highest BCUT2D eigenvalue weighted by Crippen LogP contribution is 2.20. The van der Waals surface area contributed by atoms with E-state index in [0.29, 0.717) is 12.8 Å². The number of cyclic esters (lactones) is 1. The lowest BCUT2D eigenvalue weighted by molar-refractivity contribution is -0.145. The fourth-order valence-corrected chi connectivity index (χ4v) is 2.49. The molecule has 0 saturated carbocycles. The van der Waals surface area contributed by atoms with Crippen molar-refractivity contribution in [2.45, 2.75) is 89.8 Å². The summed E-state index contributed by atoms with van der Waals surface area (Å²) < 4.78 is 5.06. The Morgan fingerprint density at radius 3 is 2.33 bits per heavy atom. The van der Waals surface area contributed by atoms with E-state index >= 15 is 0 Å². The highest BCUT2D eigenvalue weighted by molar-refractivity contribution is 5.71. The Kier molecular flexibility index (Phi) is 8.06. The smallest absolute Gasteiger partial charge is 0.306 e. The predicted octanol–water partition coefficient (Wildman–Crippen LogP) is 3.58. The number of carbonyl (C=O) groups excluding carboxylic acids is 1. The first-order chi connectivity index (χ1) is 8.74. The van der Waals surface area contributed by atoms with E-state index in [2.05, 4.69) is 6.92 Å². The Hall–Kier alpha value is -0.570. The van der Waals surface area contributed by atoms with Crippen molar-refractivity contribution in [1.82, 2.24) is 0 Å². The standard InChI is InChI=1S/C15H28O3/c1-2-3-4-5-6-7-8-9-10-13(16)14-11-12-15(17)18-14/h13-14,16H,2-12H2,1H3/t13-,14-/m1/s1. The number of hydrogen-bond acceptors (Lipinski definition) is 3. The zero-order valence-electron chi connectivity index (χ0n) is 11.7. The fraction of sp³-hybridized carbons (Fsp3) is 0.933. The molecule has 3 nitrogen and oxygen atoms in total. The van der Waals surface area contributed by atoms with Gasteiger partial charge in [0.25, 0.3) is 0 Å². The first kappa shape index (κ1) is 15.5. The summed E-state index contributed by atoms with van der Waals surface area (Å²) in [5.41, 5.74) is 0. The second-order valence-electron chi connectivity index (χ2n) is 5.40. The average molecular weight is 256 g/mol. The van der Waals surface area contributed by atoms with Gasteiger partial charge in [0.1, 0.15) is 6.10 Å². The largest absolute Gasteiger partial charge is 0.460 e. The van der Waals surface area contributed by atoms with Crippen LogP contribution in [0.25, 0.3) is 0 Å². The third-order valence-corrected chi connectivity index (χ3v) is 3.70. The van der Waals surface area contributed by atoms with Gasteiger partial charge in [0.15, 0.2) is 0 Å². The van der Waals surface area contributed by atoms with Crippen LogP contribution in [0.15, 0.2) is 0 Å². The normalized spacial score (nSPS) is 21.0. The first-order valence-electron chi connectivity index (χ1n) is 7.61. The van der Waals surface area contributed by atoms with Crippen LogP contribution in [-0.2, 0) is 9.53 Å². The molecule has 1 saturated heterocycles. The summed E-state index contributed by atoms with van der Waals surface area (Å²) in [7, 11) is 0. The van der Waals surface area contributed by atoms with Gasteiger partial charge in [0.05, 0.1) is 6.10 Å². The maximum atomic E-state index is 10.9. The van der Waals surface area contributed by atoms with Gasteiger partial charge >= 0.3 is 5.97 Å². The summed E-state index contributed by atoms with van der Waals surface area (Å²) in [5, 5.41) is 9.86. The van der Waals surface area contributed by atoms with Crippen molar-refractivity contribution < 1.29 is 14.6 Å². The number of rotatable bonds is 10. The molecular weight excluding hydrogens is 228 g/mol. The number of carbonyl (C=O) groups is 1. The van der Waals surface area contributed by atoms with E-state index in [-0.39, 0.29) is 12.1 Å². The Morgan fingerprint density at radius 2 is 1.78 bits per heavy atom. The van der Waals surface area contributed by atoms with Crippen molar-refractivity contribution in [2.75, 3.05) is 0 Å². The molecule has 0 unspecified atom stereocenters. The Balaban J connectivity index is 1.89. The minimum atomic E-state index is -0.448. The molecule has 18 heavy (non-hydrogen) atoms. The number of esters is 1. The molecule has 0 bridgehead atoms. The summed E-state index contributed by atoms with van der Waals surface area (Å²) in [6, 6.07) is 0. The molecule has 0 aromatic heterocycles. The van der Waals surface area contributed by atoms with E-state index < -0.39 is 6.10 Å². The van der Waals surface area contributed by atoms with Crippen LogP contribution in [0.5, 0.6) is 0 Å². The highest BCUT2D eigenvalue weighted by atomic mass is 16.6. The molecule has 1 aliphatic rings. The maximum Gasteiger partial charge on any atom is 0.306 e. The van der Waals surface area contributed by atoms with Crippen molar-refractivity contribution >= 4 is 5.97 Å². The van der Waals surface area contributed by atoms with E-state index in [1.54, 1.807) is 0 Å². The minimum Gasteiger partial charge on any atom is -0.460 e. The molecular formula is C15H28O3. The van der Waals surface area contributed by atoms with Crippen LogP contribution in [0.4, 0.5) is 0 Å². The monoisotopic (exact) mass is 256 g/mol. The van der Waals surface area contributed by atoms with Crippen LogP contribution in [0.3, 0.4) is 0 Å². The van der Waals surface area contributed by atoms with Crippen molar-refractivity contribution in [3.8, 4) is 0 Å².